The molecule has 158 valence electrons. The standard InChI is InChI=1S/C30H27NO/c32-30-28(20-10-18-25-12-4-1-5-13-25)23-31(22-27-16-8-3-9-17-27)24-29(30)21-11-19-26-14-6-2-7-15-26/h1-21H,22-24H2/p+1/b18-10+,19-11+,28-20+,29-21+. The van der Waals surface area contributed by atoms with E-state index >= 15 is 0 Å². The lowest BCUT2D eigenvalue weighted by molar-refractivity contribution is -0.905. The van der Waals surface area contributed by atoms with Crippen LogP contribution >= 0.6 is 0 Å². The highest BCUT2D eigenvalue weighted by Crippen LogP contribution is 2.12. The summed E-state index contributed by atoms with van der Waals surface area (Å²) in [7, 11) is 0. The molecule has 1 N–H and O–H groups in total. The molecule has 0 aliphatic carbocycles. The number of ketones is 1. The molecule has 4 rings (SSSR count). The number of allylic oxidation sites excluding steroid dienone is 4. The van der Waals surface area contributed by atoms with Crippen LogP contribution in [0, 0.1) is 0 Å². The molecule has 32 heavy (non-hydrogen) atoms. The Morgan fingerprint density at radius 2 is 1.06 bits per heavy atom. The summed E-state index contributed by atoms with van der Waals surface area (Å²) in [4.78, 5) is 14.6. The largest absolute Gasteiger partial charge is 0.323 e. The number of carbonyl (C=O) groups is 1. The van der Waals surface area contributed by atoms with Crippen LogP contribution in [0.4, 0.5) is 0 Å². The molecule has 1 heterocycles. The lowest BCUT2D eigenvalue weighted by Crippen LogP contribution is -3.12. The second-order valence-corrected chi connectivity index (χ2v) is 8.02. The highest BCUT2D eigenvalue weighted by atomic mass is 16.1. The number of carbonyl (C=O) groups excluding carboxylic acids is 1. The molecular weight excluding hydrogens is 390 g/mol. The molecule has 3 aromatic rings. The van der Waals surface area contributed by atoms with Crippen molar-refractivity contribution in [1.82, 2.24) is 0 Å². The zero-order chi connectivity index (χ0) is 22.0. The number of hydrogen-bond acceptors (Lipinski definition) is 1. The maximum atomic E-state index is 13.2. The first-order valence-corrected chi connectivity index (χ1v) is 11.0. The lowest BCUT2D eigenvalue weighted by Gasteiger charge is -2.26. The van der Waals surface area contributed by atoms with Crippen LogP contribution in [0.15, 0.2) is 126 Å². The van der Waals surface area contributed by atoms with Crippen LogP contribution < -0.4 is 4.90 Å². The minimum atomic E-state index is 0.150. The van der Waals surface area contributed by atoms with Gasteiger partial charge >= 0.3 is 0 Å². The highest BCUT2D eigenvalue weighted by Gasteiger charge is 2.28. The van der Waals surface area contributed by atoms with Crippen LogP contribution in [0.25, 0.3) is 12.2 Å². The zero-order valence-electron chi connectivity index (χ0n) is 18.2. The van der Waals surface area contributed by atoms with E-state index in [-0.39, 0.29) is 5.78 Å². The fraction of sp³-hybridized carbons (Fsp3) is 0.100. The van der Waals surface area contributed by atoms with Gasteiger partial charge in [0.1, 0.15) is 19.6 Å². The number of piperidine rings is 1. The quantitative estimate of drug-likeness (QED) is 0.563. The third-order valence-electron chi connectivity index (χ3n) is 5.53. The van der Waals surface area contributed by atoms with Gasteiger partial charge in [-0.15, -0.1) is 0 Å². The smallest absolute Gasteiger partial charge is 0.196 e. The Hall–Kier alpha value is -3.75. The number of likely N-dealkylation sites (tertiary alicyclic amines) is 1. The fourth-order valence-electron chi connectivity index (χ4n) is 3.93. The van der Waals surface area contributed by atoms with E-state index in [1.807, 2.05) is 78.9 Å². The van der Waals surface area contributed by atoms with Gasteiger partial charge in [0.15, 0.2) is 5.78 Å². The Kier molecular flexibility index (Phi) is 7.41. The van der Waals surface area contributed by atoms with Crippen molar-refractivity contribution < 1.29 is 9.69 Å². The van der Waals surface area contributed by atoms with Gasteiger partial charge in [-0.25, -0.2) is 0 Å². The third-order valence-corrected chi connectivity index (χ3v) is 5.53. The molecule has 1 aliphatic heterocycles. The molecule has 1 fully saturated rings. The van der Waals surface area contributed by atoms with Gasteiger partial charge in [0.05, 0.1) is 11.1 Å². The van der Waals surface area contributed by atoms with Gasteiger partial charge in [0.25, 0.3) is 0 Å². The predicted molar refractivity (Wildman–Crippen MR) is 133 cm³/mol. The van der Waals surface area contributed by atoms with Crippen molar-refractivity contribution >= 4 is 17.9 Å². The second kappa shape index (κ2) is 11.0. The third kappa shape index (κ3) is 6.13. The molecule has 0 aromatic heterocycles. The van der Waals surface area contributed by atoms with Gasteiger partial charge < -0.3 is 4.90 Å². The number of hydrogen-bond donors (Lipinski definition) is 1. The van der Waals surface area contributed by atoms with Crippen molar-refractivity contribution in [3.63, 3.8) is 0 Å². The summed E-state index contributed by atoms with van der Waals surface area (Å²) in [5.41, 5.74) is 5.25. The minimum Gasteiger partial charge on any atom is -0.323 e. The van der Waals surface area contributed by atoms with Crippen LogP contribution in [0.1, 0.15) is 16.7 Å². The van der Waals surface area contributed by atoms with E-state index in [2.05, 4.69) is 48.5 Å². The van der Waals surface area contributed by atoms with Gasteiger partial charge in [-0.2, -0.15) is 0 Å². The van der Waals surface area contributed by atoms with Gasteiger partial charge in [-0.1, -0.05) is 115 Å². The average Bonchev–Trinajstić information content (AvgIpc) is 2.84. The van der Waals surface area contributed by atoms with Crippen molar-refractivity contribution in [3.8, 4) is 0 Å². The van der Waals surface area contributed by atoms with Crippen LogP contribution in [0.2, 0.25) is 0 Å². The summed E-state index contributed by atoms with van der Waals surface area (Å²) in [6, 6.07) is 30.8. The average molecular weight is 419 g/mol. The molecule has 2 heteroatoms. The van der Waals surface area contributed by atoms with E-state index in [1.165, 1.54) is 10.5 Å². The molecule has 2 nitrogen and oxygen atoms in total. The first-order chi connectivity index (χ1) is 15.8. The van der Waals surface area contributed by atoms with E-state index in [4.69, 9.17) is 0 Å². The van der Waals surface area contributed by atoms with E-state index < -0.39 is 0 Å². The van der Waals surface area contributed by atoms with E-state index in [9.17, 15) is 4.79 Å². The number of quaternary nitrogens is 1. The number of nitrogens with one attached hydrogen (secondary N) is 1. The summed E-state index contributed by atoms with van der Waals surface area (Å²) in [6.45, 7) is 2.35. The molecule has 0 radical (unpaired) electrons. The maximum Gasteiger partial charge on any atom is 0.196 e. The molecule has 1 aliphatic rings. The minimum absolute atomic E-state index is 0.150. The predicted octanol–water partition coefficient (Wildman–Crippen LogP) is 4.93. The Bertz CT molecular complexity index is 1070. The molecule has 0 amide bonds. The SMILES string of the molecule is O=C1/C(=C/C=C/c2ccccc2)C[NH+](Cc2ccccc2)C/C1=C\C=C\c1ccccc1. The van der Waals surface area contributed by atoms with Crippen molar-refractivity contribution in [2.75, 3.05) is 13.1 Å². The summed E-state index contributed by atoms with van der Waals surface area (Å²) in [6.07, 6.45) is 12.0. The number of rotatable bonds is 6. The summed E-state index contributed by atoms with van der Waals surface area (Å²) >= 11 is 0. The van der Waals surface area contributed by atoms with Gasteiger partial charge in [0.2, 0.25) is 0 Å². The summed E-state index contributed by atoms with van der Waals surface area (Å²) in [5, 5.41) is 0. The van der Waals surface area contributed by atoms with E-state index in [1.54, 1.807) is 0 Å². The van der Waals surface area contributed by atoms with Crippen LogP contribution in [-0.2, 0) is 11.3 Å². The zero-order valence-corrected chi connectivity index (χ0v) is 18.2. The van der Waals surface area contributed by atoms with Gasteiger partial charge in [-0.3, -0.25) is 4.79 Å². The summed E-state index contributed by atoms with van der Waals surface area (Å²) < 4.78 is 0. The van der Waals surface area contributed by atoms with Crippen LogP contribution in [0.3, 0.4) is 0 Å². The number of benzene rings is 3. The molecule has 0 atom stereocenters. The molecular formula is C30H28NO+. The second-order valence-electron chi connectivity index (χ2n) is 8.02. The van der Waals surface area contributed by atoms with Gasteiger partial charge in [0, 0.05) is 5.56 Å². The van der Waals surface area contributed by atoms with Crippen LogP contribution in [-0.4, -0.2) is 18.9 Å². The number of Topliss-reactive ketones (excluding diaryl/α,β-unsaturated/α-hetero) is 1. The van der Waals surface area contributed by atoms with Crippen LogP contribution in [0.5, 0.6) is 0 Å². The molecule has 0 spiro atoms. The van der Waals surface area contributed by atoms with Crippen molar-refractivity contribution in [1.29, 1.82) is 0 Å². The van der Waals surface area contributed by atoms with Gasteiger partial charge in [-0.05, 0) is 23.3 Å². The molecule has 1 saturated heterocycles. The van der Waals surface area contributed by atoms with E-state index in [0.717, 1.165) is 41.9 Å². The van der Waals surface area contributed by atoms with Crippen molar-refractivity contribution in [2.45, 2.75) is 6.54 Å². The molecule has 0 saturated carbocycles. The first kappa shape index (κ1) is 21.5. The Morgan fingerprint density at radius 1 is 0.625 bits per heavy atom. The fourth-order valence-corrected chi connectivity index (χ4v) is 3.93. The van der Waals surface area contributed by atoms with Crippen molar-refractivity contribution in [3.05, 3.63) is 143 Å². The highest BCUT2D eigenvalue weighted by molar-refractivity contribution is 6.09. The maximum absolute atomic E-state index is 13.2. The monoisotopic (exact) mass is 418 g/mol. The Morgan fingerprint density at radius 3 is 1.53 bits per heavy atom. The first-order valence-electron chi connectivity index (χ1n) is 11.0. The molecule has 3 aromatic carbocycles. The normalized spacial score (nSPS) is 19.4. The lowest BCUT2D eigenvalue weighted by atomic mass is 9.96. The molecule has 0 bridgehead atoms. The van der Waals surface area contributed by atoms with Crippen molar-refractivity contribution in [2.24, 2.45) is 0 Å². The topological polar surface area (TPSA) is 21.5 Å². The molecule has 0 unspecified atom stereocenters. The Labute approximate surface area is 190 Å². The summed E-state index contributed by atoms with van der Waals surface area (Å²) in [5.74, 6) is 0.150. The Balaban J connectivity index is 1.56. The van der Waals surface area contributed by atoms with E-state index in [0.29, 0.717) is 0 Å².